The van der Waals surface area contributed by atoms with Crippen molar-refractivity contribution in [3.8, 4) is 0 Å². The van der Waals surface area contributed by atoms with Gasteiger partial charge in [-0.25, -0.2) is 4.98 Å². The van der Waals surface area contributed by atoms with E-state index < -0.39 is 11.9 Å². The van der Waals surface area contributed by atoms with Gasteiger partial charge in [0.25, 0.3) is 0 Å². The SMILES string of the molecule is C=C(NCc1cccc(N2CCCCC2)c1)c1sc(CCN2CCCCC2)nc1C(F)(F)F.CC. The van der Waals surface area contributed by atoms with E-state index in [0.717, 1.165) is 62.5 Å². The molecule has 4 rings (SSSR count). The van der Waals surface area contributed by atoms with Gasteiger partial charge in [-0.05, 0) is 62.9 Å². The molecule has 2 fully saturated rings. The van der Waals surface area contributed by atoms with Crippen molar-refractivity contribution in [3.63, 3.8) is 0 Å². The molecular formula is C27H39F3N4S. The van der Waals surface area contributed by atoms with E-state index in [-0.39, 0.29) is 10.6 Å². The Labute approximate surface area is 212 Å². The summed E-state index contributed by atoms with van der Waals surface area (Å²) in [6, 6.07) is 8.22. The molecule has 2 aliphatic rings. The number of nitrogens with one attached hydrogen (secondary N) is 1. The maximum atomic E-state index is 13.7. The Hall–Kier alpha value is -2.06. The summed E-state index contributed by atoms with van der Waals surface area (Å²) < 4.78 is 41.1. The number of anilines is 1. The van der Waals surface area contributed by atoms with E-state index in [1.807, 2.05) is 26.0 Å². The van der Waals surface area contributed by atoms with Crippen LogP contribution in [0, 0.1) is 0 Å². The number of thiazole rings is 1. The van der Waals surface area contributed by atoms with Crippen molar-refractivity contribution in [1.82, 2.24) is 15.2 Å². The average Bonchev–Trinajstić information content (AvgIpc) is 3.34. The fourth-order valence-electron chi connectivity index (χ4n) is 4.61. The molecule has 0 bridgehead atoms. The van der Waals surface area contributed by atoms with Crippen molar-refractivity contribution in [3.05, 3.63) is 52.0 Å². The van der Waals surface area contributed by atoms with Gasteiger partial charge in [0.1, 0.15) is 0 Å². The summed E-state index contributed by atoms with van der Waals surface area (Å²) in [6.45, 7) is 13.3. The molecular weight excluding hydrogens is 469 g/mol. The van der Waals surface area contributed by atoms with Crippen LogP contribution in [0.25, 0.3) is 5.70 Å². The highest BCUT2D eigenvalue weighted by Crippen LogP contribution is 2.37. The topological polar surface area (TPSA) is 31.4 Å². The van der Waals surface area contributed by atoms with E-state index in [9.17, 15) is 13.2 Å². The van der Waals surface area contributed by atoms with E-state index >= 15 is 0 Å². The summed E-state index contributed by atoms with van der Waals surface area (Å²) in [6.07, 6.45) is 3.28. The number of piperidine rings is 2. The van der Waals surface area contributed by atoms with Crippen LogP contribution in [0.2, 0.25) is 0 Å². The number of benzene rings is 1. The number of alkyl halides is 3. The van der Waals surface area contributed by atoms with Crippen LogP contribution in [0.5, 0.6) is 0 Å². The molecule has 0 unspecified atom stereocenters. The first-order valence-corrected chi connectivity index (χ1v) is 13.8. The highest BCUT2D eigenvalue weighted by molar-refractivity contribution is 7.12. The molecule has 2 aliphatic heterocycles. The van der Waals surface area contributed by atoms with Crippen LogP contribution in [0.3, 0.4) is 0 Å². The van der Waals surface area contributed by atoms with Crippen LogP contribution in [-0.2, 0) is 19.1 Å². The zero-order chi connectivity index (χ0) is 25.3. The van der Waals surface area contributed by atoms with Crippen molar-refractivity contribution in [2.75, 3.05) is 37.6 Å². The molecule has 0 saturated carbocycles. The van der Waals surface area contributed by atoms with Crippen molar-refractivity contribution in [1.29, 1.82) is 0 Å². The van der Waals surface area contributed by atoms with Gasteiger partial charge in [0.05, 0.1) is 9.88 Å². The fourth-order valence-corrected chi connectivity index (χ4v) is 5.63. The van der Waals surface area contributed by atoms with Gasteiger partial charge in [-0.15, -0.1) is 11.3 Å². The minimum absolute atomic E-state index is 0.100. The smallest absolute Gasteiger partial charge is 0.380 e. The third-order valence-electron chi connectivity index (χ3n) is 6.44. The Morgan fingerprint density at radius 1 is 1.03 bits per heavy atom. The first-order valence-electron chi connectivity index (χ1n) is 13.0. The number of rotatable bonds is 8. The lowest BCUT2D eigenvalue weighted by Crippen LogP contribution is -2.31. The van der Waals surface area contributed by atoms with Gasteiger partial charge in [-0.1, -0.05) is 39.0 Å². The second-order valence-electron chi connectivity index (χ2n) is 8.99. The fraction of sp³-hybridized carbons (Fsp3) is 0.593. The van der Waals surface area contributed by atoms with Gasteiger partial charge in [0.2, 0.25) is 0 Å². The standard InChI is InChI=1S/C25H33F3N4S.C2H6/c1-19(29-18-20-9-8-10-21(17-20)32-14-6-3-7-15-32)23-24(25(26,27)28)30-22(33-23)11-16-31-12-4-2-5-13-31;1-2/h8-10,17,29H,1-7,11-16,18H2;1-2H3. The highest BCUT2D eigenvalue weighted by Gasteiger charge is 2.38. The minimum Gasteiger partial charge on any atom is -0.380 e. The van der Waals surface area contributed by atoms with Gasteiger partial charge in [-0.2, -0.15) is 13.2 Å². The lowest BCUT2D eigenvalue weighted by Gasteiger charge is -2.29. The molecule has 0 spiro atoms. The quantitative estimate of drug-likeness (QED) is 0.417. The molecule has 194 valence electrons. The minimum atomic E-state index is -4.49. The van der Waals surface area contributed by atoms with Gasteiger partial charge in [0.15, 0.2) is 5.69 Å². The average molecular weight is 509 g/mol. The number of hydrogen-bond donors (Lipinski definition) is 1. The Morgan fingerprint density at radius 3 is 2.34 bits per heavy atom. The van der Waals surface area contributed by atoms with Crippen LogP contribution in [0.4, 0.5) is 18.9 Å². The Morgan fingerprint density at radius 2 is 1.69 bits per heavy atom. The number of nitrogens with zero attached hydrogens (tertiary/aromatic N) is 3. The largest absolute Gasteiger partial charge is 0.434 e. The molecule has 2 aromatic rings. The lowest BCUT2D eigenvalue weighted by atomic mass is 10.1. The molecule has 2 saturated heterocycles. The normalized spacial score (nSPS) is 17.0. The zero-order valence-corrected chi connectivity index (χ0v) is 21.9. The van der Waals surface area contributed by atoms with Crippen LogP contribution < -0.4 is 10.2 Å². The Balaban J connectivity index is 0.00000167. The predicted octanol–water partition coefficient (Wildman–Crippen LogP) is 6.97. The van der Waals surface area contributed by atoms with E-state index in [0.29, 0.717) is 18.0 Å². The third kappa shape index (κ3) is 7.97. The zero-order valence-electron chi connectivity index (χ0n) is 21.1. The highest BCUT2D eigenvalue weighted by atomic mass is 32.1. The molecule has 35 heavy (non-hydrogen) atoms. The van der Waals surface area contributed by atoms with Crippen molar-refractivity contribution in [2.45, 2.75) is 71.5 Å². The third-order valence-corrected chi connectivity index (χ3v) is 7.62. The maximum absolute atomic E-state index is 13.7. The van der Waals surface area contributed by atoms with E-state index in [1.54, 1.807) is 0 Å². The molecule has 1 aromatic carbocycles. The Kier molecular flexibility index (Phi) is 10.5. The van der Waals surface area contributed by atoms with Crippen LogP contribution in [-0.4, -0.2) is 42.6 Å². The molecule has 0 aliphatic carbocycles. The van der Waals surface area contributed by atoms with Crippen molar-refractivity contribution < 1.29 is 13.2 Å². The van der Waals surface area contributed by atoms with Crippen molar-refractivity contribution in [2.24, 2.45) is 0 Å². The predicted molar refractivity (Wildman–Crippen MR) is 141 cm³/mol. The summed E-state index contributed by atoms with van der Waals surface area (Å²) in [5, 5.41) is 3.65. The van der Waals surface area contributed by atoms with E-state index in [1.165, 1.54) is 31.4 Å². The summed E-state index contributed by atoms with van der Waals surface area (Å²) >= 11 is 1.12. The van der Waals surface area contributed by atoms with E-state index in [4.69, 9.17) is 0 Å². The summed E-state index contributed by atoms with van der Waals surface area (Å²) in [5.74, 6) is 0. The van der Waals surface area contributed by atoms with Gasteiger partial charge in [-0.3, -0.25) is 0 Å². The van der Waals surface area contributed by atoms with Gasteiger partial charge in [0, 0.05) is 44.0 Å². The molecule has 8 heteroatoms. The Bertz CT molecular complexity index is 929. The van der Waals surface area contributed by atoms with Crippen LogP contribution in [0.1, 0.15) is 73.5 Å². The monoisotopic (exact) mass is 508 g/mol. The second-order valence-corrected chi connectivity index (χ2v) is 10.1. The molecule has 1 aromatic heterocycles. The van der Waals surface area contributed by atoms with Gasteiger partial charge >= 0.3 is 6.18 Å². The number of aromatic nitrogens is 1. The second kappa shape index (κ2) is 13.3. The first kappa shape index (κ1) is 27.5. The van der Waals surface area contributed by atoms with Gasteiger partial charge < -0.3 is 15.1 Å². The summed E-state index contributed by atoms with van der Waals surface area (Å²) in [5.41, 5.74) is 1.67. The first-order chi connectivity index (χ1) is 16.9. The molecule has 3 heterocycles. The summed E-state index contributed by atoms with van der Waals surface area (Å²) in [4.78, 5) is 8.77. The van der Waals surface area contributed by atoms with Crippen LogP contribution >= 0.6 is 11.3 Å². The van der Waals surface area contributed by atoms with Crippen molar-refractivity contribution >= 4 is 22.7 Å². The molecule has 1 N–H and O–H groups in total. The maximum Gasteiger partial charge on any atom is 0.434 e. The number of hydrogen-bond acceptors (Lipinski definition) is 5. The molecule has 0 amide bonds. The lowest BCUT2D eigenvalue weighted by molar-refractivity contribution is -0.141. The summed E-state index contributed by atoms with van der Waals surface area (Å²) in [7, 11) is 0. The molecule has 0 radical (unpaired) electrons. The van der Waals surface area contributed by atoms with Crippen LogP contribution in [0.15, 0.2) is 30.8 Å². The number of likely N-dealkylation sites (tertiary alicyclic amines) is 1. The molecule has 0 atom stereocenters. The van der Waals surface area contributed by atoms with E-state index in [2.05, 4.69) is 38.8 Å². The number of halogens is 3. The molecule has 4 nitrogen and oxygen atoms in total.